The van der Waals surface area contributed by atoms with Gasteiger partial charge in [0.2, 0.25) is 5.91 Å². The molecule has 2 aromatic carbocycles. The van der Waals surface area contributed by atoms with Gasteiger partial charge in [-0.15, -0.1) is 0 Å². The molecule has 0 saturated carbocycles. The summed E-state index contributed by atoms with van der Waals surface area (Å²) in [6.07, 6.45) is 6.22. The van der Waals surface area contributed by atoms with E-state index in [9.17, 15) is 4.79 Å². The van der Waals surface area contributed by atoms with Crippen molar-refractivity contribution in [1.29, 1.82) is 0 Å². The van der Waals surface area contributed by atoms with E-state index in [2.05, 4.69) is 21.3 Å². The van der Waals surface area contributed by atoms with Crippen LogP contribution in [0.1, 0.15) is 31.6 Å². The van der Waals surface area contributed by atoms with E-state index in [1.54, 1.807) is 6.20 Å². The van der Waals surface area contributed by atoms with E-state index in [1.165, 1.54) is 19.3 Å². The van der Waals surface area contributed by atoms with Gasteiger partial charge in [0.05, 0.1) is 17.6 Å². The molecule has 0 spiro atoms. The van der Waals surface area contributed by atoms with Crippen LogP contribution in [0.2, 0.25) is 0 Å². The third-order valence-corrected chi connectivity index (χ3v) is 5.05. The number of para-hydroxylation sites is 2. The second-order valence-corrected chi connectivity index (χ2v) is 7.10. The number of piperidine rings is 1. The molecular weight excluding hydrogens is 350 g/mol. The molecule has 1 N–H and O–H groups in total. The number of nitrogens with zero attached hydrogens (tertiary/aromatic N) is 2. The summed E-state index contributed by atoms with van der Waals surface area (Å²) in [7, 11) is 0. The van der Waals surface area contributed by atoms with Gasteiger partial charge in [-0.1, -0.05) is 42.5 Å². The maximum absolute atomic E-state index is 12.5. The highest BCUT2D eigenvalue weighted by atomic mass is 16.4. The van der Waals surface area contributed by atoms with E-state index in [0.29, 0.717) is 18.7 Å². The summed E-state index contributed by atoms with van der Waals surface area (Å²) in [5.74, 6) is 1.29. The largest absolute Gasteiger partial charge is 0.441 e. The molecule has 0 aliphatic carbocycles. The van der Waals surface area contributed by atoms with Gasteiger partial charge in [-0.3, -0.25) is 4.79 Å². The average Bonchev–Trinajstić information content (AvgIpc) is 3.23. The highest BCUT2D eigenvalue weighted by Gasteiger charge is 2.16. The standard InChI is InChI=1S/C23H25N3O2/c27-22(13-14-23-24-17-21(28-23)18-9-3-1-4-10-18)25-19-11-5-6-12-20(19)26-15-7-2-8-16-26/h1,3-6,9-12,17H,2,7-8,13-16H2,(H,25,27). The number of anilines is 2. The minimum absolute atomic E-state index is 0.0241. The quantitative estimate of drug-likeness (QED) is 0.665. The SMILES string of the molecule is O=C(CCc1ncc(-c2ccccc2)o1)Nc1ccccc1N1CCCCC1. The molecule has 28 heavy (non-hydrogen) atoms. The van der Waals surface area contributed by atoms with Gasteiger partial charge in [-0.05, 0) is 31.4 Å². The van der Waals surface area contributed by atoms with Crippen molar-refractivity contribution in [2.75, 3.05) is 23.3 Å². The Kier molecular flexibility index (Phi) is 5.71. The van der Waals surface area contributed by atoms with Crippen LogP contribution in [0.15, 0.2) is 65.2 Å². The summed E-state index contributed by atoms with van der Waals surface area (Å²) in [6, 6.07) is 17.9. The van der Waals surface area contributed by atoms with E-state index in [0.717, 1.165) is 35.8 Å². The summed E-state index contributed by atoms with van der Waals surface area (Å²) >= 11 is 0. The molecule has 1 aliphatic heterocycles. The Balaban J connectivity index is 1.36. The summed E-state index contributed by atoms with van der Waals surface area (Å²) in [5.41, 5.74) is 2.98. The van der Waals surface area contributed by atoms with E-state index in [-0.39, 0.29) is 5.91 Å². The molecule has 4 rings (SSSR count). The Bertz CT molecular complexity index is 914. The number of rotatable bonds is 6. The van der Waals surface area contributed by atoms with Crippen molar-refractivity contribution in [3.63, 3.8) is 0 Å². The normalized spacial score (nSPS) is 14.1. The molecule has 5 heteroatoms. The van der Waals surface area contributed by atoms with E-state index in [1.807, 2.05) is 48.5 Å². The average molecular weight is 375 g/mol. The number of carbonyl (C=O) groups excluding carboxylic acids is 1. The molecule has 0 bridgehead atoms. The van der Waals surface area contributed by atoms with Crippen molar-refractivity contribution in [3.05, 3.63) is 66.7 Å². The van der Waals surface area contributed by atoms with Crippen LogP contribution < -0.4 is 10.2 Å². The summed E-state index contributed by atoms with van der Waals surface area (Å²) in [6.45, 7) is 2.09. The van der Waals surface area contributed by atoms with Crippen molar-refractivity contribution in [1.82, 2.24) is 4.98 Å². The summed E-state index contributed by atoms with van der Waals surface area (Å²) < 4.78 is 5.79. The predicted octanol–water partition coefficient (Wildman–Crippen LogP) is 4.90. The molecule has 1 fully saturated rings. The van der Waals surface area contributed by atoms with Gasteiger partial charge in [0.25, 0.3) is 0 Å². The molecular formula is C23H25N3O2. The van der Waals surface area contributed by atoms with E-state index < -0.39 is 0 Å². The fraction of sp³-hybridized carbons (Fsp3) is 0.304. The van der Waals surface area contributed by atoms with Crippen molar-refractivity contribution in [2.45, 2.75) is 32.1 Å². The van der Waals surface area contributed by atoms with Crippen molar-refractivity contribution >= 4 is 17.3 Å². The molecule has 144 valence electrons. The minimum atomic E-state index is -0.0241. The van der Waals surface area contributed by atoms with Gasteiger partial charge >= 0.3 is 0 Å². The van der Waals surface area contributed by atoms with Crippen LogP contribution in [-0.4, -0.2) is 24.0 Å². The van der Waals surface area contributed by atoms with Crippen LogP contribution in [0.3, 0.4) is 0 Å². The van der Waals surface area contributed by atoms with Crippen LogP contribution in [0, 0.1) is 0 Å². The first-order chi connectivity index (χ1) is 13.8. The first kappa shape index (κ1) is 18.3. The molecule has 0 radical (unpaired) electrons. The predicted molar refractivity (Wildman–Crippen MR) is 111 cm³/mol. The Morgan fingerprint density at radius 2 is 1.75 bits per heavy atom. The maximum Gasteiger partial charge on any atom is 0.224 e. The van der Waals surface area contributed by atoms with Gasteiger partial charge in [0.1, 0.15) is 0 Å². The number of aromatic nitrogens is 1. The Morgan fingerprint density at radius 1 is 1.00 bits per heavy atom. The highest BCUT2D eigenvalue weighted by molar-refractivity contribution is 5.94. The van der Waals surface area contributed by atoms with Crippen LogP contribution in [0.4, 0.5) is 11.4 Å². The molecule has 1 aromatic heterocycles. The van der Waals surface area contributed by atoms with Crippen LogP contribution in [-0.2, 0) is 11.2 Å². The van der Waals surface area contributed by atoms with Gasteiger partial charge in [0.15, 0.2) is 11.7 Å². The zero-order valence-electron chi connectivity index (χ0n) is 15.9. The minimum Gasteiger partial charge on any atom is -0.441 e. The second kappa shape index (κ2) is 8.74. The molecule has 2 heterocycles. The summed E-state index contributed by atoms with van der Waals surface area (Å²) in [4.78, 5) is 19.2. The van der Waals surface area contributed by atoms with Crippen LogP contribution in [0.5, 0.6) is 0 Å². The number of nitrogens with one attached hydrogen (secondary N) is 1. The molecule has 1 aliphatic rings. The lowest BCUT2D eigenvalue weighted by Crippen LogP contribution is -2.30. The van der Waals surface area contributed by atoms with E-state index in [4.69, 9.17) is 4.42 Å². The third kappa shape index (κ3) is 4.42. The number of oxazole rings is 1. The highest BCUT2D eigenvalue weighted by Crippen LogP contribution is 2.28. The zero-order chi connectivity index (χ0) is 19.2. The van der Waals surface area contributed by atoms with Gasteiger partial charge in [-0.2, -0.15) is 0 Å². The first-order valence-corrected chi connectivity index (χ1v) is 9.93. The van der Waals surface area contributed by atoms with Crippen molar-refractivity contribution in [2.24, 2.45) is 0 Å². The van der Waals surface area contributed by atoms with Crippen molar-refractivity contribution in [3.8, 4) is 11.3 Å². The third-order valence-electron chi connectivity index (χ3n) is 5.05. The molecule has 1 amide bonds. The monoisotopic (exact) mass is 375 g/mol. The molecule has 0 unspecified atom stereocenters. The smallest absolute Gasteiger partial charge is 0.224 e. The molecule has 0 atom stereocenters. The Hall–Kier alpha value is -3.08. The van der Waals surface area contributed by atoms with Crippen molar-refractivity contribution < 1.29 is 9.21 Å². The Morgan fingerprint density at radius 3 is 2.57 bits per heavy atom. The van der Waals surface area contributed by atoms with Gasteiger partial charge in [-0.25, -0.2) is 4.98 Å². The summed E-state index contributed by atoms with van der Waals surface area (Å²) in [5, 5.41) is 3.07. The lowest BCUT2D eigenvalue weighted by molar-refractivity contribution is -0.116. The molecule has 3 aromatic rings. The van der Waals surface area contributed by atoms with Crippen LogP contribution in [0.25, 0.3) is 11.3 Å². The lowest BCUT2D eigenvalue weighted by atomic mass is 10.1. The number of aryl methyl sites for hydroxylation is 1. The first-order valence-electron chi connectivity index (χ1n) is 9.93. The van der Waals surface area contributed by atoms with Gasteiger partial charge < -0.3 is 14.6 Å². The van der Waals surface area contributed by atoms with Gasteiger partial charge in [0, 0.05) is 31.5 Å². The maximum atomic E-state index is 12.5. The second-order valence-electron chi connectivity index (χ2n) is 7.10. The number of hydrogen-bond acceptors (Lipinski definition) is 4. The number of carbonyl (C=O) groups is 1. The number of amides is 1. The molecule has 5 nitrogen and oxygen atoms in total. The molecule has 1 saturated heterocycles. The zero-order valence-corrected chi connectivity index (χ0v) is 15.9. The lowest BCUT2D eigenvalue weighted by Gasteiger charge is -2.30. The fourth-order valence-corrected chi connectivity index (χ4v) is 3.58. The Labute approximate surface area is 165 Å². The number of benzene rings is 2. The number of hydrogen-bond donors (Lipinski definition) is 1. The topological polar surface area (TPSA) is 58.4 Å². The fourth-order valence-electron chi connectivity index (χ4n) is 3.58. The van der Waals surface area contributed by atoms with Crippen LogP contribution >= 0.6 is 0 Å². The van der Waals surface area contributed by atoms with E-state index >= 15 is 0 Å².